The molecule has 3 nitrogen and oxygen atoms in total. The van der Waals surface area contributed by atoms with Gasteiger partial charge in [0.1, 0.15) is 0 Å². The van der Waals surface area contributed by atoms with Crippen LogP contribution in [-0.2, 0) is 0 Å². The van der Waals surface area contributed by atoms with E-state index in [1.165, 1.54) is 38.5 Å². The molecule has 0 saturated heterocycles. The van der Waals surface area contributed by atoms with Gasteiger partial charge in [-0.1, -0.05) is 30.9 Å². The van der Waals surface area contributed by atoms with Crippen molar-refractivity contribution < 1.29 is 4.79 Å². The summed E-state index contributed by atoms with van der Waals surface area (Å²) in [5.74, 6) is 2.32. The van der Waals surface area contributed by atoms with Gasteiger partial charge in [0.15, 0.2) is 0 Å². The molecule has 3 fully saturated rings. The van der Waals surface area contributed by atoms with Crippen LogP contribution in [0, 0.1) is 17.8 Å². The molecule has 0 aliphatic heterocycles. The highest BCUT2D eigenvalue weighted by Crippen LogP contribution is 2.57. The largest absolute Gasteiger partial charge is 0.330 e. The van der Waals surface area contributed by atoms with E-state index in [-0.39, 0.29) is 17.5 Å². The van der Waals surface area contributed by atoms with Gasteiger partial charge in [-0.05, 0) is 61.8 Å². The molecule has 134 valence electrons. The lowest BCUT2D eigenvalue weighted by molar-refractivity contribution is 0.175. The first kappa shape index (κ1) is 17.1. The van der Waals surface area contributed by atoms with Crippen molar-refractivity contribution in [2.24, 2.45) is 17.8 Å². The Labute approximate surface area is 155 Å². The van der Waals surface area contributed by atoms with E-state index in [0.29, 0.717) is 11.2 Å². The van der Waals surface area contributed by atoms with Crippen LogP contribution in [0.1, 0.15) is 51.4 Å². The minimum atomic E-state index is 0.137. The molecule has 4 aliphatic rings. The number of nitrogens with zero attached hydrogens (tertiary/aromatic N) is 2. The summed E-state index contributed by atoms with van der Waals surface area (Å²) in [5.41, 5.74) is 1.65. The predicted octanol–water partition coefficient (Wildman–Crippen LogP) is 4.91. The second-order valence-electron chi connectivity index (χ2n) is 8.25. The molecule has 0 aromatic rings. The predicted molar refractivity (Wildman–Crippen MR) is 101 cm³/mol. The van der Waals surface area contributed by atoms with E-state index in [1.807, 2.05) is 14.1 Å². The average Bonchev–Trinajstić information content (AvgIpc) is 3.26. The van der Waals surface area contributed by atoms with E-state index in [4.69, 9.17) is 11.6 Å². The van der Waals surface area contributed by atoms with Crippen LogP contribution in [0.15, 0.2) is 11.6 Å². The molecule has 0 N–H and O–H groups in total. The second kappa shape index (κ2) is 6.75. The molecular formula is C19H29ClN2OS. The van der Waals surface area contributed by atoms with E-state index in [2.05, 4.69) is 10.4 Å². The Balaban J connectivity index is 1.55. The number of carbonyl (C=O) groups excluding carboxylic acids is 1. The highest BCUT2D eigenvalue weighted by atomic mass is 35.5. The van der Waals surface area contributed by atoms with Crippen molar-refractivity contribution in [3.8, 4) is 0 Å². The normalized spacial score (nSPS) is 40.4. The third kappa shape index (κ3) is 2.88. The lowest BCUT2D eigenvalue weighted by atomic mass is 9.83. The van der Waals surface area contributed by atoms with Crippen molar-refractivity contribution in [2.75, 3.05) is 14.1 Å². The first-order valence-corrected chi connectivity index (χ1v) is 10.9. The highest BCUT2D eigenvalue weighted by Gasteiger charge is 2.52. The molecule has 0 heterocycles. The maximum atomic E-state index is 12.9. The van der Waals surface area contributed by atoms with Crippen molar-refractivity contribution in [3.05, 3.63) is 11.6 Å². The molecule has 6 unspecified atom stereocenters. The summed E-state index contributed by atoms with van der Waals surface area (Å²) in [6.07, 6.45) is 12.5. The van der Waals surface area contributed by atoms with Crippen molar-refractivity contribution >= 4 is 29.6 Å². The average molecular weight is 369 g/mol. The van der Waals surface area contributed by atoms with Gasteiger partial charge >= 0.3 is 6.03 Å². The Hall–Kier alpha value is -0.350. The highest BCUT2D eigenvalue weighted by molar-refractivity contribution is 7.98. The smallest absolute Gasteiger partial charge is 0.330 e. The standard InChI is InChI=1S/C19H29ClN2OS/c1-21(2)19(23)22(24-18-9-4-3-8-16(18)20)17-11-12-10-15(17)14-7-5-6-13(12)14/h11,13-18H,3-10H2,1-2H3. The van der Waals surface area contributed by atoms with Crippen LogP contribution >= 0.6 is 23.5 Å². The van der Waals surface area contributed by atoms with Crippen LogP contribution in [-0.4, -0.2) is 46.0 Å². The number of fused-ring (bicyclic) bond motifs is 5. The maximum Gasteiger partial charge on any atom is 0.330 e. The zero-order valence-electron chi connectivity index (χ0n) is 14.8. The molecule has 6 atom stereocenters. The van der Waals surface area contributed by atoms with Crippen LogP contribution in [0.25, 0.3) is 0 Å². The van der Waals surface area contributed by atoms with Crippen LogP contribution < -0.4 is 0 Å². The number of urea groups is 1. The first-order valence-electron chi connectivity index (χ1n) is 9.58. The summed E-state index contributed by atoms with van der Waals surface area (Å²) < 4.78 is 2.09. The number of amides is 2. The fraction of sp³-hybridized carbons (Fsp3) is 0.842. The van der Waals surface area contributed by atoms with Gasteiger partial charge in [-0.2, -0.15) is 0 Å². The van der Waals surface area contributed by atoms with Crippen LogP contribution in [0.2, 0.25) is 0 Å². The summed E-state index contributed by atoms with van der Waals surface area (Å²) in [7, 11) is 3.74. The Kier molecular flexibility index (Phi) is 4.81. The maximum absolute atomic E-state index is 12.9. The van der Waals surface area contributed by atoms with E-state index in [1.54, 1.807) is 22.4 Å². The van der Waals surface area contributed by atoms with Crippen molar-refractivity contribution in [1.29, 1.82) is 0 Å². The summed E-state index contributed by atoms with van der Waals surface area (Å²) in [5, 5.41) is 0.577. The number of rotatable bonds is 3. The van der Waals surface area contributed by atoms with E-state index in [0.717, 1.165) is 24.7 Å². The molecule has 0 aromatic heterocycles. The van der Waals surface area contributed by atoms with E-state index in [9.17, 15) is 4.79 Å². The first-order chi connectivity index (χ1) is 11.6. The Bertz CT molecular complexity index is 537. The fourth-order valence-electron chi connectivity index (χ4n) is 5.44. The Morgan fingerprint density at radius 2 is 1.92 bits per heavy atom. The molecule has 2 bridgehead atoms. The summed E-state index contributed by atoms with van der Waals surface area (Å²) in [6, 6.07) is 0.420. The molecule has 0 spiro atoms. The number of hydrogen-bond donors (Lipinski definition) is 0. The lowest BCUT2D eigenvalue weighted by Gasteiger charge is -2.39. The number of hydrogen-bond acceptors (Lipinski definition) is 2. The molecule has 4 rings (SSSR count). The van der Waals surface area contributed by atoms with Gasteiger partial charge in [-0.25, -0.2) is 4.79 Å². The number of alkyl halides is 1. The second-order valence-corrected chi connectivity index (χ2v) is 10.0. The van der Waals surface area contributed by atoms with Gasteiger partial charge < -0.3 is 4.90 Å². The van der Waals surface area contributed by atoms with Gasteiger partial charge in [0.25, 0.3) is 0 Å². The van der Waals surface area contributed by atoms with Gasteiger partial charge in [-0.3, -0.25) is 4.31 Å². The SMILES string of the molecule is CN(C)C(=O)N(SC1CCCCC1Cl)C1C=C2CC1C1CCCC21. The molecule has 2 amide bonds. The van der Waals surface area contributed by atoms with E-state index < -0.39 is 0 Å². The molecule has 5 heteroatoms. The lowest BCUT2D eigenvalue weighted by Crippen LogP contribution is -2.46. The van der Waals surface area contributed by atoms with Crippen LogP contribution in [0.4, 0.5) is 4.79 Å². The molecule has 3 saturated carbocycles. The Morgan fingerprint density at radius 1 is 1.12 bits per heavy atom. The summed E-state index contributed by atoms with van der Waals surface area (Å²) in [6.45, 7) is 0. The number of carbonyl (C=O) groups is 1. The van der Waals surface area contributed by atoms with Gasteiger partial charge in [0.2, 0.25) is 0 Å². The van der Waals surface area contributed by atoms with Crippen molar-refractivity contribution in [3.63, 3.8) is 0 Å². The Morgan fingerprint density at radius 3 is 2.67 bits per heavy atom. The quantitative estimate of drug-likeness (QED) is 0.401. The third-order valence-corrected chi connectivity index (χ3v) is 8.74. The fourth-order valence-corrected chi connectivity index (χ4v) is 7.30. The monoisotopic (exact) mass is 368 g/mol. The van der Waals surface area contributed by atoms with Crippen LogP contribution in [0.3, 0.4) is 0 Å². The number of halogens is 1. The van der Waals surface area contributed by atoms with Crippen molar-refractivity contribution in [1.82, 2.24) is 9.21 Å². The minimum absolute atomic E-state index is 0.137. The topological polar surface area (TPSA) is 23.6 Å². The zero-order chi connectivity index (χ0) is 16.8. The van der Waals surface area contributed by atoms with Gasteiger partial charge in [0, 0.05) is 24.7 Å². The summed E-state index contributed by atoms with van der Waals surface area (Å²) >= 11 is 8.34. The zero-order valence-corrected chi connectivity index (χ0v) is 16.4. The molecule has 0 aromatic carbocycles. The van der Waals surface area contributed by atoms with Gasteiger partial charge in [-0.15, -0.1) is 11.6 Å². The van der Waals surface area contributed by atoms with Gasteiger partial charge in [0.05, 0.1) is 6.04 Å². The molecule has 4 aliphatic carbocycles. The molecule has 0 radical (unpaired) electrons. The molecular weight excluding hydrogens is 340 g/mol. The van der Waals surface area contributed by atoms with Crippen LogP contribution in [0.5, 0.6) is 0 Å². The third-order valence-electron chi connectivity index (χ3n) is 6.60. The number of allylic oxidation sites excluding steroid dienone is 1. The summed E-state index contributed by atoms with van der Waals surface area (Å²) in [4.78, 5) is 14.7. The minimum Gasteiger partial charge on any atom is -0.330 e. The molecule has 24 heavy (non-hydrogen) atoms. The van der Waals surface area contributed by atoms with Crippen molar-refractivity contribution in [2.45, 2.75) is 68.0 Å². The van der Waals surface area contributed by atoms with E-state index >= 15 is 0 Å².